The molecule has 2 N–H and O–H groups in total. The van der Waals surface area contributed by atoms with Crippen LogP contribution in [0.25, 0.3) is 43.1 Å². The number of rotatable bonds is 2. The summed E-state index contributed by atoms with van der Waals surface area (Å²) in [6, 6.07) is 43.9. The highest BCUT2D eigenvalue weighted by molar-refractivity contribution is 6.10. The Bertz CT molecular complexity index is 2290. The minimum absolute atomic E-state index is 0.187. The summed E-state index contributed by atoms with van der Waals surface area (Å²) >= 11 is 0. The first-order chi connectivity index (χ1) is 22.7. The summed E-state index contributed by atoms with van der Waals surface area (Å²) in [4.78, 5) is 0. The Hall–Kier alpha value is -5.42. The molecule has 1 aliphatic heterocycles. The van der Waals surface area contributed by atoms with Crippen molar-refractivity contribution in [2.45, 2.75) is 24.7 Å². The van der Waals surface area contributed by atoms with Gasteiger partial charge in [0.15, 0.2) is 0 Å². The summed E-state index contributed by atoms with van der Waals surface area (Å²) in [6.07, 6.45) is -0.956. The average molecular weight is 595 g/mol. The molecule has 1 unspecified atom stereocenters. The topological polar surface area (TPSA) is 49.7 Å². The van der Waals surface area contributed by atoms with Crippen LogP contribution in [-0.4, -0.2) is 29.0 Å². The van der Waals surface area contributed by atoms with Crippen molar-refractivity contribution in [1.82, 2.24) is 0 Å². The predicted octanol–water partition coefficient (Wildman–Crippen LogP) is 8.28. The molecule has 0 spiro atoms. The second kappa shape index (κ2) is 11.8. The van der Waals surface area contributed by atoms with Gasteiger partial charge < -0.3 is 14.9 Å². The monoisotopic (exact) mass is 594 g/mol. The lowest BCUT2D eigenvalue weighted by molar-refractivity contribution is -0.0225. The molecule has 0 saturated carbocycles. The van der Waals surface area contributed by atoms with Crippen molar-refractivity contribution < 1.29 is 14.9 Å². The summed E-state index contributed by atoms with van der Waals surface area (Å²) in [5.41, 5.74) is 4.88. The largest absolute Gasteiger partial charge is 0.394 e. The lowest BCUT2D eigenvalue weighted by Gasteiger charge is -2.12. The number of hydrogen-bond acceptors (Lipinski definition) is 3. The van der Waals surface area contributed by atoms with E-state index >= 15 is 0 Å². The Morgan fingerprint density at radius 2 is 0.978 bits per heavy atom. The van der Waals surface area contributed by atoms with Crippen molar-refractivity contribution in [2.75, 3.05) is 6.61 Å². The maximum Gasteiger partial charge on any atom is 0.107 e. The zero-order valence-corrected chi connectivity index (χ0v) is 25.1. The van der Waals surface area contributed by atoms with Crippen LogP contribution in [0.15, 0.2) is 127 Å². The first-order valence-corrected chi connectivity index (χ1v) is 15.6. The predicted molar refractivity (Wildman–Crippen MR) is 187 cm³/mol. The molecule has 8 rings (SSSR count). The molecule has 7 aromatic carbocycles. The number of ether oxygens (including phenoxy) is 1. The highest BCUT2D eigenvalue weighted by Gasteiger charge is 2.34. The molecule has 3 nitrogen and oxygen atoms in total. The van der Waals surface area contributed by atoms with Gasteiger partial charge in [0.25, 0.3) is 0 Å². The summed E-state index contributed by atoms with van der Waals surface area (Å²) in [7, 11) is 0. The van der Waals surface area contributed by atoms with E-state index in [2.05, 4.69) is 127 Å². The van der Waals surface area contributed by atoms with E-state index < -0.39 is 12.2 Å². The maximum absolute atomic E-state index is 10.1. The van der Waals surface area contributed by atoms with Crippen LogP contribution in [0, 0.1) is 23.7 Å². The highest BCUT2D eigenvalue weighted by Crippen LogP contribution is 2.35. The smallest absolute Gasteiger partial charge is 0.107 e. The van der Waals surface area contributed by atoms with Crippen LogP contribution in [-0.2, 0) is 4.74 Å². The van der Waals surface area contributed by atoms with E-state index in [9.17, 15) is 10.2 Å². The van der Waals surface area contributed by atoms with E-state index in [4.69, 9.17) is 4.74 Å². The zero-order chi connectivity index (χ0) is 31.0. The Balaban J connectivity index is 1.24. The van der Waals surface area contributed by atoms with Gasteiger partial charge in [-0.2, -0.15) is 0 Å². The van der Waals surface area contributed by atoms with Gasteiger partial charge in [-0.25, -0.2) is 0 Å². The normalized spacial score (nSPS) is 17.6. The maximum atomic E-state index is 10.1. The van der Waals surface area contributed by atoms with Crippen molar-refractivity contribution in [3.05, 3.63) is 155 Å². The molecular formula is C43H30O3. The van der Waals surface area contributed by atoms with Gasteiger partial charge in [0.05, 0.1) is 18.8 Å². The lowest BCUT2D eigenvalue weighted by atomic mass is 9.91. The van der Waals surface area contributed by atoms with Crippen LogP contribution < -0.4 is 0 Å². The standard InChI is InChI=1S/C43H30O3/c44-27-43-41(45)26-42(46-43)29-20-17-28(18-21-29)19-22-39-34-13-5-7-15-36(34)40(37-16-8-6-14-35(37)39)24-23-38-32-11-3-1-9-30(32)25-31-10-2-4-12-33(31)38/h1-18,20-21,25,41-45H,26-27H2/t41-,42?,43+/m0/s1. The van der Waals surface area contributed by atoms with E-state index in [-0.39, 0.29) is 12.7 Å². The molecule has 220 valence electrons. The summed E-state index contributed by atoms with van der Waals surface area (Å²) < 4.78 is 5.83. The van der Waals surface area contributed by atoms with E-state index in [1.807, 2.05) is 24.3 Å². The second-order valence-corrected chi connectivity index (χ2v) is 11.8. The molecule has 3 heteroatoms. The number of aliphatic hydroxyl groups excluding tert-OH is 2. The van der Waals surface area contributed by atoms with Gasteiger partial charge in [0, 0.05) is 28.7 Å². The van der Waals surface area contributed by atoms with Crippen LogP contribution in [0.3, 0.4) is 0 Å². The number of hydrogen-bond donors (Lipinski definition) is 2. The summed E-state index contributed by atoms with van der Waals surface area (Å²) in [5.74, 6) is 14.2. The van der Waals surface area contributed by atoms with Crippen molar-refractivity contribution in [1.29, 1.82) is 0 Å². The van der Waals surface area contributed by atoms with E-state index in [0.717, 1.165) is 60.1 Å². The van der Waals surface area contributed by atoms with E-state index in [0.29, 0.717) is 6.42 Å². The number of fused-ring (bicyclic) bond motifs is 4. The molecular weight excluding hydrogens is 564 g/mol. The zero-order valence-electron chi connectivity index (χ0n) is 25.1. The van der Waals surface area contributed by atoms with Crippen LogP contribution in [0.1, 0.15) is 40.3 Å². The molecule has 7 aromatic rings. The second-order valence-electron chi connectivity index (χ2n) is 11.8. The molecule has 1 saturated heterocycles. The van der Waals surface area contributed by atoms with Crippen molar-refractivity contribution in [3.63, 3.8) is 0 Å². The lowest BCUT2D eigenvalue weighted by Crippen LogP contribution is -2.24. The van der Waals surface area contributed by atoms with Gasteiger partial charge in [-0.3, -0.25) is 0 Å². The molecule has 46 heavy (non-hydrogen) atoms. The third-order valence-electron chi connectivity index (χ3n) is 9.03. The Kier molecular flexibility index (Phi) is 7.22. The van der Waals surface area contributed by atoms with Crippen LogP contribution in [0.4, 0.5) is 0 Å². The van der Waals surface area contributed by atoms with Crippen molar-refractivity contribution in [3.8, 4) is 23.7 Å². The van der Waals surface area contributed by atoms with Crippen molar-refractivity contribution >= 4 is 43.1 Å². The summed E-state index contributed by atoms with van der Waals surface area (Å²) in [6.45, 7) is -0.187. The number of aliphatic hydroxyl groups is 2. The Labute approximate surface area is 267 Å². The van der Waals surface area contributed by atoms with E-state index in [1.165, 1.54) is 10.8 Å². The average Bonchev–Trinajstić information content (AvgIpc) is 3.49. The highest BCUT2D eigenvalue weighted by atomic mass is 16.5. The van der Waals surface area contributed by atoms with Gasteiger partial charge in [-0.05, 0) is 66.9 Å². The fourth-order valence-electron chi connectivity index (χ4n) is 6.69. The van der Waals surface area contributed by atoms with Gasteiger partial charge in [-0.15, -0.1) is 0 Å². The molecule has 1 aliphatic rings. The molecule has 1 fully saturated rings. The fourth-order valence-corrected chi connectivity index (χ4v) is 6.69. The molecule has 0 bridgehead atoms. The molecule has 1 heterocycles. The van der Waals surface area contributed by atoms with Crippen LogP contribution in [0.2, 0.25) is 0 Å². The SMILES string of the molecule is OC[C@H]1OC(c2ccc(C#Cc3c4ccccc4c(C#Cc4c5ccccc5cc5ccccc45)c4ccccc34)cc2)C[C@@H]1O. The minimum Gasteiger partial charge on any atom is -0.394 e. The van der Waals surface area contributed by atoms with Gasteiger partial charge in [0.2, 0.25) is 0 Å². The molecule has 3 atom stereocenters. The quantitative estimate of drug-likeness (QED) is 0.156. The van der Waals surface area contributed by atoms with Gasteiger partial charge >= 0.3 is 0 Å². The van der Waals surface area contributed by atoms with Crippen molar-refractivity contribution in [2.24, 2.45) is 0 Å². The van der Waals surface area contributed by atoms with Crippen LogP contribution >= 0.6 is 0 Å². The van der Waals surface area contributed by atoms with Crippen LogP contribution in [0.5, 0.6) is 0 Å². The molecule has 0 aromatic heterocycles. The first-order valence-electron chi connectivity index (χ1n) is 15.6. The third-order valence-corrected chi connectivity index (χ3v) is 9.03. The van der Waals surface area contributed by atoms with Gasteiger partial charge in [-0.1, -0.05) is 133 Å². The molecule has 0 aliphatic carbocycles. The van der Waals surface area contributed by atoms with E-state index in [1.54, 1.807) is 0 Å². The molecule has 0 radical (unpaired) electrons. The molecule has 0 amide bonds. The first kappa shape index (κ1) is 28.1. The van der Waals surface area contributed by atoms with Gasteiger partial charge in [0.1, 0.15) is 6.10 Å². The Morgan fingerprint density at radius 3 is 1.46 bits per heavy atom. The Morgan fingerprint density at radius 1 is 0.543 bits per heavy atom. The summed E-state index contributed by atoms with van der Waals surface area (Å²) in [5, 5.41) is 28.5. The third kappa shape index (κ3) is 4.98. The fraction of sp³-hybridized carbons (Fsp3) is 0.116. The minimum atomic E-state index is -0.657. The number of benzene rings is 7.